The van der Waals surface area contributed by atoms with Crippen molar-refractivity contribution in [3.8, 4) is 11.1 Å². The van der Waals surface area contributed by atoms with E-state index in [0.717, 1.165) is 23.1 Å². The molecule has 6 nitrogen and oxygen atoms in total. The second-order valence-electron chi connectivity index (χ2n) is 11.6. The molecule has 0 aromatic heterocycles. The van der Waals surface area contributed by atoms with E-state index in [1.54, 1.807) is 0 Å². The quantitative estimate of drug-likeness (QED) is 0.244. The normalized spacial score (nSPS) is 13.6. The maximum absolute atomic E-state index is 13.3. The first-order chi connectivity index (χ1) is 19.0. The lowest BCUT2D eigenvalue weighted by molar-refractivity contribution is -0.142. The van der Waals surface area contributed by atoms with E-state index >= 15 is 0 Å². The Balaban J connectivity index is 1.63. The monoisotopic (exact) mass is 542 g/mol. The molecule has 3 rings (SSSR count). The van der Waals surface area contributed by atoms with Gasteiger partial charge >= 0.3 is 5.97 Å². The molecule has 0 aliphatic heterocycles. The molecule has 0 saturated heterocycles. The molecule has 0 aliphatic carbocycles. The lowest BCUT2D eigenvalue weighted by atomic mass is 9.85. The second kappa shape index (κ2) is 13.9. The highest BCUT2D eigenvalue weighted by molar-refractivity contribution is 5.90. The number of rotatable bonds is 12. The number of aryl methyl sites for hydroxylation is 2. The highest BCUT2D eigenvalue weighted by Crippen LogP contribution is 2.25. The summed E-state index contributed by atoms with van der Waals surface area (Å²) >= 11 is 0. The summed E-state index contributed by atoms with van der Waals surface area (Å²) in [6.07, 6.45) is 1.52. The number of hydrogen-bond donors (Lipinski definition) is 3. The third-order valence-corrected chi connectivity index (χ3v) is 7.29. The fourth-order valence-corrected chi connectivity index (χ4v) is 4.89. The molecular weight excluding hydrogens is 500 g/mol. The molecule has 2 amide bonds. The van der Waals surface area contributed by atoms with Crippen LogP contribution in [0.2, 0.25) is 0 Å². The summed E-state index contributed by atoms with van der Waals surface area (Å²) < 4.78 is 0. The zero-order chi connectivity index (χ0) is 29.3. The summed E-state index contributed by atoms with van der Waals surface area (Å²) in [5, 5.41) is 15.4. The van der Waals surface area contributed by atoms with Gasteiger partial charge in [0, 0.05) is 5.92 Å². The average molecular weight is 543 g/mol. The molecule has 3 aromatic carbocycles. The summed E-state index contributed by atoms with van der Waals surface area (Å²) in [4.78, 5) is 38.2. The van der Waals surface area contributed by atoms with Gasteiger partial charge in [0.15, 0.2) is 0 Å². The van der Waals surface area contributed by atoms with Crippen LogP contribution in [0.3, 0.4) is 0 Å². The predicted molar refractivity (Wildman–Crippen MR) is 160 cm³/mol. The van der Waals surface area contributed by atoms with Gasteiger partial charge in [0.1, 0.15) is 6.04 Å². The Bertz CT molecular complexity index is 1280. The van der Waals surface area contributed by atoms with Crippen LogP contribution in [0.5, 0.6) is 0 Å². The number of carboxylic acid groups (broad SMARTS) is 1. The lowest BCUT2D eigenvalue weighted by Gasteiger charge is -2.32. The molecule has 6 heteroatoms. The Kier molecular flexibility index (Phi) is 10.7. The molecule has 0 bridgehead atoms. The zero-order valence-electron chi connectivity index (χ0n) is 24.2. The first-order valence-corrected chi connectivity index (χ1v) is 14.0. The number of carbonyl (C=O) groups excluding carboxylic acids is 2. The fraction of sp³-hybridized carbons (Fsp3) is 0.382. The minimum absolute atomic E-state index is 0.234. The largest absolute Gasteiger partial charge is 0.481 e. The minimum atomic E-state index is -1.03. The van der Waals surface area contributed by atoms with Gasteiger partial charge in [-0.1, -0.05) is 99.6 Å². The van der Waals surface area contributed by atoms with Gasteiger partial charge in [-0.3, -0.25) is 14.4 Å². The molecule has 0 heterocycles. The Labute approximate surface area is 238 Å². The van der Waals surface area contributed by atoms with E-state index in [2.05, 4.69) is 54.0 Å². The highest BCUT2D eigenvalue weighted by Gasteiger charge is 2.35. The maximum atomic E-state index is 13.3. The van der Waals surface area contributed by atoms with Gasteiger partial charge in [0.25, 0.3) is 0 Å². The van der Waals surface area contributed by atoms with Gasteiger partial charge < -0.3 is 15.7 Å². The van der Waals surface area contributed by atoms with E-state index in [0.29, 0.717) is 12.8 Å². The second-order valence-corrected chi connectivity index (χ2v) is 11.6. The van der Waals surface area contributed by atoms with E-state index in [9.17, 15) is 19.5 Å². The van der Waals surface area contributed by atoms with Crippen LogP contribution in [0.15, 0.2) is 78.9 Å². The lowest BCUT2D eigenvalue weighted by Crippen LogP contribution is -2.55. The third kappa shape index (κ3) is 8.80. The number of aliphatic carboxylic acids is 1. The summed E-state index contributed by atoms with van der Waals surface area (Å²) in [5.41, 5.74) is 5.10. The van der Waals surface area contributed by atoms with Crippen LogP contribution >= 0.6 is 0 Å². The van der Waals surface area contributed by atoms with Crippen LogP contribution in [0.4, 0.5) is 0 Å². The number of nitrogens with one attached hydrogen (secondary N) is 2. The average Bonchev–Trinajstić information content (AvgIpc) is 2.91. The van der Waals surface area contributed by atoms with Crippen LogP contribution in [-0.2, 0) is 20.8 Å². The van der Waals surface area contributed by atoms with Crippen LogP contribution in [0.25, 0.3) is 11.1 Å². The third-order valence-electron chi connectivity index (χ3n) is 7.29. The predicted octanol–water partition coefficient (Wildman–Crippen LogP) is 6.48. The maximum Gasteiger partial charge on any atom is 0.304 e. The Morgan fingerprint density at radius 3 is 2.05 bits per heavy atom. The van der Waals surface area contributed by atoms with Gasteiger partial charge in [-0.25, -0.2) is 0 Å². The first-order valence-electron chi connectivity index (χ1n) is 14.0. The number of amides is 2. The van der Waals surface area contributed by atoms with Gasteiger partial charge in [0.2, 0.25) is 11.8 Å². The number of benzene rings is 3. The van der Waals surface area contributed by atoms with Crippen molar-refractivity contribution in [3.05, 3.63) is 95.6 Å². The molecule has 0 aliphatic rings. The Morgan fingerprint density at radius 1 is 0.825 bits per heavy atom. The van der Waals surface area contributed by atoms with E-state index in [1.807, 2.05) is 70.2 Å². The van der Waals surface area contributed by atoms with E-state index in [1.165, 1.54) is 11.1 Å². The molecular formula is C34H42N2O4. The molecule has 212 valence electrons. The number of hydrogen-bond acceptors (Lipinski definition) is 3. The van der Waals surface area contributed by atoms with Crippen LogP contribution in [-0.4, -0.2) is 28.9 Å². The molecule has 0 unspecified atom stereocenters. The standard InChI is InChI=1S/C34H42N2O4/c1-23-12-9-10-17-29(23)27-20-18-25(19-21-27)13-11-16-28(22-30(37)38)32(39)36-31(34(3,4)5)33(40)35-24(2)26-14-7-6-8-15-26/h6-10,12,14-15,17-21,24,28,31H,11,13,16,22H2,1-5H3,(H,35,40)(H,36,39)(H,37,38)/t24-,28-,31-/m1/s1. The van der Waals surface area contributed by atoms with Crippen LogP contribution < -0.4 is 10.6 Å². The smallest absolute Gasteiger partial charge is 0.304 e. The molecule has 0 spiro atoms. The van der Waals surface area contributed by atoms with Gasteiger partial charge in [-0.15, -0.1) is 0 Å². The van der Waals surface area contributed by atoms with Crippen molar-refractivity contribution in [1.29, 1.82) is 0 Å². The molecule has 0 fully saturated rings. The topological polar surface area (TPSA) is 95.5 Å². The number of carbonyl (C=O) groups is 3. The molecule has 3 atom stereocenters. The molecule has 3 aromatic rings. The molecule has 0 saturated carbocycles. The SMILES string of the molecule is Cc1ccccc1-c1ccc(CCC[C@H](CC(=O)O)C(=O)N[C@H](C(=O)N[C@H](C)c2ccccc2)C(C)(C)C)cc1. The van der Waals surface area contributed by atoms with Gasteiger partial charge in [-0.05, 0) is 66.3 Å². The summed E-state index contributed by atoms with van der Waals surface area (Å²) in [6, 6.07) is 25.2. The Morgan fingerprint density at radius 2 is 1.45 bits per heavy atom. The van der Waals surface area contributed by atoms with Crippen molar-refractivity contribution < 1.29 is 19.5 Å². The Hall–Kier alpha value is -3.93. The number of carboxylic acids is 1. The van der Waals surface area contributed by atoms with E-state index < -0.39 is 29.3 Å². The van der Waals surface area contributed by atoms with Crippen molar-refractivity contribution in [2.75, 3.05) is 0 Å². The molecule has 40 heavy (non-hydrogen) atoms. The summed E-state index contributed by atoms with van der Waals surface area (Å²) in [6.45, 7) is 9.65. The van der Waals surface area contributed by atoms with E-state index in [-0.39, 0.29) is 18.4 Å². The van der Waals surface area contributed by atoms with Crippen molar-refractivity contribution in [2.24, 2.45) is 11.3 Å². The van der Waals surface area contributed by atoms with Crippen molar-refractivity contribution in [3.63, 3.8) is 0 Å². The van der Waals surface area contributed by atoms with E-state index in [4.69, 9.17) is 0 Å². The molecule has 3 N–H and O–H groups in total. The van der Waals surface area contributed by atoms with Crippen molar-refractivity contribution in [2.45, 2.75) is 72.4 Å². The van der Waals surface area contributed by atoms with Crippen molar-refractivity contribution in [1.82, 2.24) is 10.6 Å². The highest BCUT2D eigenvalue weighted by atomic mass is 16.4. The van der Waals surface area contributed by atoms with Crippen LogP contribution in [0.1, 0.15) is 69.7 Å². The zero-order valence-corrected chi connectivity index (χ0v) is 24.2. The molecule has 0 radical (unpaired) electrons. The summed E-state index contributed by atoms with van der Waals surface area (Å²) in [7, 11) is 0. The van der Waals surface area contributed by atoms with Gasteiger partial charge in [0.05, 0.1) is 12.5 Å². The first kappa shape index (κ1) is 30.6. The van der Waals surface area contributed by atoms with Gasteiger partial charge in [-0.2, -0.15) is 0 Å². The fourth-order valence-electron chi connectivity index (χ4n) is 4.89. The van der Waals surface area contributed by atoms with Crippen molar-refractivity contribution >= 4 is 17.8 Å². The minimum Gasteiger partial charge on any atom is -0.481 e. The van der Waals surface area contributed by atoms with Crippen LogP contribution in [0, 0.1) is 18.3 Å². The summed E-state index contributed by atoms with van der Waals surface area (Å²) in [5.74, 6) is -2.45.